The number of para-hydroxylation sites is 1. The third-order valence-corrected chi connectivity index (χ3v) is 8.96. The van der Waals surface area contributed by atoms with Crippen LogP contribution < -0.4 is 0 Å². The van der Waals surface area contributed by atoms with E-state index in [4.69, 9.17) is 4.98 Å². The van der Waals surface area contributed by atoms with Gasteiger partial charge in [0.1, 0.15) is 5.82 Å². The number of rotatable bonds is 4. The summed E-state index contributed by atoms with van der Waals surface area (Å²) >= 11 is 0. The van der Waals surface area contributed by atoms with Crippen molar-refractivity contribution in [3.63, 3.8) is 0 Å². The Hall–Kier alpha value is -5.99. The van der Waals surface area contributed by atoms with Crippen LogP contribution in [0.1, 0.15) is 0 Å². The second-order valence-electron chi connectivity index (χ2n) is 11.6. The molecule has 1 aromatic heterocycles. The number of hydrogen-bond donors (Lipinski definition) is 0. The van der Waals surface area contributed by atoms with Crippen molar-refractivity contribution in [2.24, 2.45) is 0 Å². The molecule has 0 fully saturated rings. The van der Waals surface area contributed by atoms with Crippen LogP contribution in [0.15, 0.2) is 170 Å². The van der Waals surface area contributed by atoms with Gasteiger partial charge < -0.3 is 0 Å². The Morgan fingerprint density at radius 1 is 0.378 bits per heavy atom. The number of nitrogens with zero attached hydrogens (tertiary/aromatic N) is 2. The molecular weight excluding hydrogens is 544 g/mol. The number of benzene rings is 8. The molecule has 0 aliphatic rings. The smallest absolute Gasteiger partial charge is 0.145 e. The largest absolute Gasteiger partial charge is 0.292 e. The molecule has 0 saturated heterocycles. The molecule has 2 heteroatoms. The summed E-state index contributed by atoms with van der Waals surface area (Å²) in [7, 11) is 0. The maximum Gasteiger partial charge on any atom is 0.145 e. The molecule has 0 amide bonds. The normalized spacial score (nSPS) is 11.6. The number of aromatic nitrogens is 2. The molecule has 8 aromatic carbocycles. The Morgan fingerprint density at radius 3 is 1.53 bits per heavy atom. The first-order chi connectivity index (χ1) is 22.3. The van der Waals surface area contributed by atoms with Gasteiger partial charge in [-0.1, -0.05) is 140 Å². The van der Waals surface area contributed by atoms with Gasteiger partial charge in [-0.05, 0) is 84.9 Å². The van der Waals surface area contributed by atoms with E-state index in [2.05, 4.69) is 174 Å². The molecule has 0 unspecified atom stereocenters. The molecule has 0 bridgehead atoms. The molecule has 2 nitrogen and oxygen atoms in total. The topological polar surface area (TPSA) is 17.8 Å². The van der Waals surface area contributed by atoms with Crippen LogP contribution in [0, 0.1) is 0 Å². The highest BCUT2D eigenvalue weighted by molar-refractivity contribution is 6.22. The van der Waals surface area contributed by atoms with Crippen molar-refractivity contribution in [2.45, 2.75) is 0 Å². The lowest BCUT2D eigenvalue weighted by Gasteiger charge is -2.18. The maximum atomic E-state index is 5.26. The molecular formula is C43H28N2. The van der Waals surface area contributed by atoms with Crippen molar-refractivity contribution in [1.82, 2.24) is 9.55 Å². The highest BCUT2D eigenvalue weighted by Crippen LogP contribution is 2.44. The van der Waals surface area contributed by atoms with E-state index in [9.17, 15) is 0 Å². The monoisotopic (exact) mass is 572 g/mol. The van der Waals surface area contributed by atoms with E-state index >= 15 is 0 Å². The van der Waals surface area contributed by atoms with E-state index in [0.717, 1.165) is 33.7 Å². The van der Waals surface area contributed by atoms with E-state index in [1.165, 1.54) is 49.0 Å². The van der Waals surface area contributed by atoms with Gasteiger partial charge in [-0.2, -0.15) is 0 Å². The van der Waals surface area contributed by atoms with Gasteiger partial charge in [0.15, 0.2) is 0 Å². The Labute approximate surface area is 261 Å². The van der Waals surface area contributed by atoms with Gasteiger partial charge in [0.25, 0.3) is 0 Å². The van der Waals surface area contributed by atoms with Gasteiger partial charge in [-0.15, -0.1) is 0 Å². The molecule has 9 aromatic rings. The SMILES string of the molecule is c1ccc(-c2nc3cc(-c4c5ccccc5c(-c5ccc6ccccc6c5)c5ccccc45)ccc3n2-c2ccccc2)cc1. The van der Waals surface area contributed by atoms with Gasteiger partial charge in [0.05, 0.1) is 11.0 Å². The third-order valence-electron chi connectivity index (χ3n) is 8.96. The standard InChI is InChI=1S/C43H28N2/c1-3-14-30(15-4-1)43-44-39-28-33(25-26-40(39)45(43)34-17-5-2-6-18-34)42-37-21-11-9-19-35(37)41(36-20-10-12-22-38(36)42)32-24-23-29-13-7-8-16-31(29)27-32/h1-28H. The molecule has 45 heavy (non-hydrogen) atoms. The first-order valence-electron chi connectivity index (χ1n) is 15.4. The van der Waals surface area contributed by atoms with Crippen molar-refractivity contribution in [3.05, 3.63) is 170 Å². The summed E-state index contributed by atoms with van der Waals surface area (Å²) in [4.78, 5) is 5.26. The summed E-state index contributed by atoms with van der Waals surface area (Å²) < 4.78 is 2.27. The molecule has 0 aliphatic heterocycles. The zero-order chi connectivity index (χ0) is 29.7. The van der Waals surface area contributed by atoms with Crippen molar-refractivity contribution in [1.29, 1.82) is 0 Å². The highest BCUT2D eigenvalue weighted by Gasteiger charge is 2.19. The minimum atomic E-state index is 0.940. The summed E-state index contributed by atoms with van der Waals surface area (Å²) in [6.07, 6.45) is 0. The van der Waals surface area contributed by atoms with Crippen molar-refractivity contribution >= 4 is 43.4 Å². The summed E-state index contributed by atoms with van der Waals surface area (Å²) in [6.45, 7) is 0. The Morgan fingerprint density at radius 2 is 0.889 bits per heavy atom. The lowest BCUT2D eigenvalue weighted by atomic mass is 9.85. The average molecular weight is 573 g/mol. The van der Waals surface area contributed by atoms with Crippen LogP contribution in [0.4, 0.5) is 0 Å². The van der Waals surface area contributed by atoms with Gasteiger partial charge in [-0.25, -0.2) is 4.98 Å². The van der Waals surface area contributed by atoms with Crippen molar-refractivity contribution in [3.8, 4) is 39.3 Å². The predicted molar refractivity (Wildman–Crippen MR) is 190 cm³/mol. The average Bonchev–Trinajstić information content (AvgIpc) is 3.50. The summed E-state index contributed by atoms with van der Waals surface area (Å²) in [5, 5.41) is 7.49. The highest BCUT2D eigenvalue weighted by atomic mass is 15.1. The fourth-order valence-electron chi connectivity index (χ4n) is 6.95. The van der Waals surface area contributed by atoms with Crippen LogP contribution in [0.2, 0.25) is 0 Å². The van der Waals surface area contributed by atoms with Crippen LogP contribution in [0.5, 0.6) is 0 Å². The minimum absolute atomic E-state index is 0.940. The molecule has 0 spiro atoms. The van der Waals surface area contributed by atoms with E-state index in [1.807, 2.05) is 0 Å². The predicted octanol–water partition coefficient (Wildman–Crippen LogP) is 11.5. The fourth-order valence-corrected chi connectivity index (χ4v) is 6.95. The maximum absolute atomic E-state index is 5.26. The molecule has 0 radical (unpaired) electrons. The van der Waals surface area contributed by atoms with Gasteiger partial charge in [-0.3, -0.25) is 4.57 Å². The fraction of sp³-hybridized carbons (Fsp3) is 0. The van der Waals surface area contributed by atoms with Crippen LogP contribution in [-0.4, -0.2) is 9.55 Å². The molecule has 0 aliphatic carbocycles. The van der Waals surface area contributed by atoms with Gasteiger partial charge >= 0.3 is 0 Å². The zero-order valence-electron chi connectivity index (χ0n) is 24.6. The summed E-state index contributed by atoms with van der Waals surface area (Å²) in [5.41, 5.74) is 9.17. The third kappa shape index (κ3) is 4.15. The molecule has 210 valence electrons. The lowest BCUT2D eigenvalue weighted by molar-refractivity contribution is 1.10. The first-order valence-corrected chi connectivity index (χ1v) is 15.4. The quantitative estimate of drug-likeness (QED) is 0.192. The molecule has 0 N–H and O–H groups in total. The van der Waals surface area contributed by atoms with Crippen LogP contribution in [0.3, 0.4) is 0 Å². The summed E-state index contributed by atoms with van der Waals surface area (Å²) in [6, 6.07) is 60.9. The first kappa shape index (κ1) is 25.5. The van der Waals surface area contributed by atoms with Crippen molar-refractivity contribution < 1.29 is 0 Å². The lowest BCUT2D eigenvalue weighted by Crippen LogP contribution is -1.97. The molecule has 9 rings (SSSR count). The number of hydrogen-bond acceptors (Lipinski definition) is 1. The summed E-state index contributed by atoms with van der Waals surface area (Å²) in [5.74, 6) is 0.940. The van der Waals surface area contributed by atoms with E-state index in [1.54, 1.807) is 0 Å². The Bertz CT molecular complexity index is 2470. The van der Waals surface area contributed by atoms with Crippen molar-refractivity contribution in [2.75, 3.05) is 0 Å². The van der Waals surface area contributed by atoms with Gasteiger partial charge in [0, 0.05) is 11.3 Å². The van der Waals surface area contributed by atoms with Crippen LogP contribution in [-0.2, 0) is 0 Å². The molecule has 0 saturated carbocycles. The second kappa shape index (κ2) is 10.3. The Kier molecular flexibility index (Phi) is 5.85. The van der Waals surface area contributed by atoms with E-state index in [-0.39, 0.29) is 0 Å². The minimum Gasteiger partial charge on any atom is -0.292 e. The van der Waals surface area contributed by atoms with Crippen LogP contribution >= 0.6 is 0 Å². The number of fused-ring (bicyclic) bond motifs is 4. The second-order valence-corrected chi connectivity index (χ2v) is 11.6. The van der Waals surface area contributed by atoms with E-state index in [0.29, 0.717) is 0 Å². The zero-order valence-corrected chi connectivity index (χ0v) is 24.6. The Balaban J connectivity index is 1.32. The number of imidazole rings is 1. The van der Waals surface area contributed by atoms with Gasteiger partial charge in [0.2, 0.25) is 0 Å². The van der Waals surface area contributed by atoms with E-state index < -0.39 is 0 Å². The molecule has 1 heterocycles. The van der Waals surface area contributed by atoms with Crippen LogP contribution in [0.25, 0.3) is 82.7 Å². The molecule has 0 atom stereocenters.